The summed E-state index contributed by atoms with van der Waals surface area (Å²) in [4.78, 5) is 2.33. The van der Waals surface area contributed by atoms with Crippen molar-refractivity contribution in [3.8, 4) is 0 Å². The monoisotopic (exact) mass is 196 g/mol. The lowest BCUT2D eigenvalue weighted by atomic mass is 9.84. The standard InChI is InChI=1S/C12H24N2/c1-10(2)9-11(13)12(14(3)4)7-5-6-8-12/h11H,1,5-9,13H2,2-4H3. The molecule has 1 saturated carbocycles. The second-order valence-electron chi connectivity index (χ2n) is 4.97. The molecule has 0 aromatic heterocycles. The summed E-state index contributed by atoms with van der Waals surface area (Å²) in [5.41, 5.74) is 7.75. The molecule has 0 aromatic rings. The van der Waals surface area contributed by atoms with Crippen LogP contribution in [0.1, 0.15) is 39.0 Å². The lowest BCUT2D eigenvalue weighted by molar-refractivity contribution is 0.123. The average molecular weight is 196 g/mol. The van der Waals surface area contributed by atoms with Crippen molar-refractivity contribution in [3.63, 3.8) is 0 Å². The van der Waals surface area contributed by atoms with Crippen molar-refractivity contribution in [2.45, 2.75) is 50.6 Å². The minimum Gasteiger partial charge on any atom is -0.326 e. The van der Waals surface area contributed by atoms with Crippen molar-refractivity contribution in [1.82, 2.24) is 4.90 Å². The second-order valence-corrected chi connectivity index (χ2v) is 4.97. The van der Waals surface area contributed by atoms with Crippen molar-refractivity contribution in [2.75, 3.05) is 14.1 Å². The zero-order chi connectivity index (χ0) is 10.8. The van der Waals surface area contributed by atoms with Crippen LogP contribution in [0.3, 0.4) is 0 Å². The predicted molar refractivity (Wildman–Crippen MR) is 62.3 cm³/mol. The average Bonchev–Trinajstić information content (AvgIpc) is 2.51. The molecular formula is C12H24N2. The molecule has 82 valence electrons. The smallest absolute Gasteiger partial charge is 0.0357 e. The summed E-state index contributed by atoms with van der Waals surface area (Å²) in [6, 6.07) is 0.248. The summed E-state index contributed by atoms with van der Waals surface area (Å²) < 4.78 is 0. The third-order valence-electron chi connectivity index (χ3n) is 3.62. The predicted octanol–water partition coefficient (Wildman–Crippen LogP) is 2.15. The van der Waals surface area contributed by atoms with Gasteiger partial charge in [-0.15, -0.1) is 6.58 Å². The van der Waals surface area contributed by atoms with Crippen molar-refractivity contribution < 1.29 is 0 Å². The number of rotatable bonds is 4. The van der Waals surface area contributed by atoms with Gasteiger partial charge in [-0.1, -0.05) is 18.4 Å². The Bertz CT molecular complexity index is 202. The van der Waals surface area contributed by atoms with E-state index >= 15 is 0 Å². The van der Waals surface area contributed by atoms with Crippen molar-refractivity contribution in [1.29, 1.82) is 0 Å². The van der Waals surface area contributed by atoms with Gasteiger partial charge in [0.15, 0.2) is 0 Å². The van der Waals surface area contributed by atoms with Crippen molar-refractivity contribution >= 4 is 0 Å². The minimum atomic E-state index is 0.235. The van der Waals surface area contributed by atoms with Crippen LogP contribution in [0.2, 0.25) is 0 Å². The van der Waals surface area contributed by atoms with E-state index < -0.39 is 0 Å². The fraction of sp³-hybridized carbons (Fsp3) is 0.833. The fourth-order valence-electron chi connectivity index (χ4n) is 2.70. The molecule has 0 amide bonds. The molecule has 2 N–H and O–H groups in total. The molecular weight excluding hydrogens is 172 g/mol. The van der Waals surface area contributed by atoms with Gasteiger partial charge in [-0.3, -0.25) is 0 Å². The lowest BCUT2D eigenvalue weighted by Crippen LogP contribution is -2.55. The first-order valence-corrected chi connectivity index (χ1v) is 5.56. The van der Waals surface area contributed by atoms with Crippen LogP contribution in [0, 0.1) is 0 Å². The molecule has 1 aliphatic rings. The summed E-state index contributed by atoms with van der Waals surface area (Å²) in [7, 11) is 4.31. The van der Waals surface area contributed by atoms with E-state index in [9.17, 15) is 0 Å². The van der Waals surface area contributed by atoms with Gasteiger partial charge in [0.2, 0.25) is 0 Å². The van der Waals surface area contributed by atoms with E-state index in [0.29, 0.717) is 0 Å². The van der Waals surface area contributed by atoms with Crippen LogP contribution < -0.4 is 5.73 Å². The quantitative estimate of drug-likeness (QED) is 0.698. The van der Waals surface area contributed by atoms with Gasteiger partial charge in [0.1, 0.15) is 0 Å². The van der Waals surface area contributed by atoms with Gasteiger partial charge < -0.3 is 10.6 Å². The summed E-state index contributed by atoms with van der Waals surface area (Å²) in [5.74, 6) is 0. The summed E-state index contributed by atoms with van der Waals surface area (Å²) in [6.07, 6.45) is 6.09. The Kier molecular flexibility index (Phi) is 3.73. The number of nitrogens with two attached hydrogens (primary N) is 1. The largest absolute Gasteiger partial charge is 0.326 e. The van der Waals surface area contributed by atoms with E-state index in [-0.39, 0.29) is 11.6 Å². The molecule has 0 heterocycles. The van der Waals surface area contributed by atoms with E-state index in [4.69, 9.17) is 5.73 Å². The highest BCUT2D eigenvalue weighted by molar-refractivity contribution is 5.06. The molecule has 1 unspecified atom stereocenters. The molecule has 2 nitrogen and oxygen atoms in total. The second kappa shape index (κ2) is 4.45. The Morgan fingerprint density at radius 3 is 2.29 bits per heavy atom. The molecule has 0 bridgehead atoms. The first-order chi connectivity index (χ1) is 6.49. The summed E-state index contributed by atoms with van der Waals surface area (Å²) in [6.45, 7) is 6.03. The lowest BCUT2D eigenvalue weighted by Gasteiger charge is -2.41. The van der Waals surface area contributed by atoms with E-state index in [2.05, 4.69) is 32.5 Å². The highest BCUT2D eigenvalue weighted by Crippen LogP contribution is 2.37. The van der Waals surface area contributed by atoms with E-state index in [1.54, 1.807) is 0 Å². The van der Waals surface area contributed by atoms with Gasteiger partial charge in [0.05, 0.1) is 0 Å². The molecule has 1 fully saturated rings. The Morgan fingerprint density at radius 2 is 1.93 bits per heavy atom. The van der Waals surface area contributed by atoms with Crippen molar-refractivity contribution in [3.05, 3.63) is 12.2 Å². The topological polar surface area (TPSA) is 29.3 Å². The van der Waals surface area contributed by atoms with Crippen LogP contribution in [0.25, 0.3) is 0 Å². The minimum absolute atomic E-state index is 0.235. The molecule has 14 heavy (non-hydrogen) atoms. The number of nitrogens with zero attached hydrogens (tertiary/aromatic N) is 1. The normalized spacial score (nSPS) is 22.6. The Balaban J connectivity index is 2.71. The van der Waals surface area contributed by atoms with Gasteiger partial charge >= 0.3 is 0 Å². The Labute approximate surface area is 88.2 Å². The van der Waals surface area contributed by atoms with E-state index in [1.807, 2.05) is 0 Å². The molecule has 0 aliphatic heterocycles. The molecule has 0 radical (unpaired) electrons. The molecule has 0 aromatic carbocycles. The third-order valence-corrected chi connectivity index (χ3v) is 3.62. The van der Waals surface area contributed by atoms with Crippen LogP contribution >= 0.6 is 0 Å². The van der Waals surface area contributed by atoms with Gasteiger partial charge in [0.25, 0.3) is 0 Å². The van der Waals surface area contributed by atoms with Crippen LogP contribution in [-0.4, -0.2) is 30.6 Å². The maximum atomic E-state index is 6.31. The molecule has 1 aliphatic carbocycles. The third kappa shape index (κ3) is 2.18. The Morgan fingerprint density at radius 1 is 1.43 bits per heavy atom. The molecule has 2 heteroatoms. The van der Waals surface area contributed by atoms with Crippen LogP contribution in [0.4, 0.5) is 0 Å². The van der Waals surface area contributed by atoms with E-state index in [1.165, 1.54) is 31.3 Å². The van der Waals surface area contributed by atoms with Crippen LogP contribution in [0.15, 0.2) is 12.2 Å². The number of hydrogen-bond donors (Lipinski definition) is 1. The van der Waals surface area contributed by atoms with Crippen LogP contribution in [0.5, 0.6) is 0 Å². The zero-order valence-electron chi connectivity index (χ0n) is 9.84. The van der Waals surface area contributed by atoms with Crippen LogP contribution in [-0.2, 0) is 0 Å². The molecule has 1 atom stereocenters. The fourth-order valence-corrected chi connectivity index (χ4v) is 2.70. The first kappa shape index (κ1) is 11.7. The molecule has 0 spiro atoms. The van der Waals surface area contributed by atoms with Gasteiger partial charge in [0, 0.05) is 11.6 Å². The number of hydrogen-bond acceptors (Lipinski definition) is 2. The maximum absolute atomic E-state index is 6.31. The van der Waals surface area contributed by atoms with Gasteiger partial charge in [-0.25, -0.2) is 0 Å². The Hall–Kier alpha value is -0.340. The van der Waals surface area contributed by atoms with Crippen molar-refractivity contribution in [2.24, 2.45) is 5.73 Å². The van der Waals surface area contributed by atoms with Gasteiger partial charge in [-0.2, -0.15) is 0 Å². The molecule has 1 rings (SSSR count). The highest BCUT2D eigenvalue weighted by atomic mass is 15.2. The number of likely N-dealkylation sites (N-methyl/N-ethyl adjacent to an activating group) is 1. The summed E-state index contributed by atoms with van der Waals surface area (Å²) in [5, 5.41) is 0. The first-order valence-electron chi connectivity index (χ1n) is 5.56. The van der Waals surface area contributed by atoms with Gasteiger partial charge in [-0.05, 0) is 40.3 Å². The highest BCUT2D eigenvalue weighted by Gasteiger charge is 2.40. The molecule has 0 saturated heterocycles. The zero-order valence-corrected chi connectivity index (χ0v) is 9.84. The van der Waals surface area contributed by atoms with E-state index in [0.717, 1.165) is 6.42 Å². The maximum Gasteiger partial charge on any atom is 0.0357 e. The summed E-state index contributed by atoms with van der Waals surface area (Å²) >= 11 is 0. The SMILES string of the molecule is C=C(C)CC(N)C1(N(C)C)CCCC1.